The molecule has 3 unspecified atom stereocenters. The minimum Gasteiger partial charge on any atom is -0.264 e. The third kappa shape index (κ3) is 14.0. The number of thioether (sulfide) groups is 3. The maximum Gasteiger partial charge on any atom is 0.0346 e. The van der Waals surface area contributed by atoms with E-state index in [-0.39, 0.29) is 0 Å². The van der Waals surface area contributed by atoms with Gasteiger partial charge in [0.2, 0.25) is 0 Å². The molecule has 0 spiro atoms. The van der Waals surface area contributed by atoms with Gasteiger partial charge in [0, 0.05) is 50.3 Å². The van der Waals surface area contributed by atoms with E-state index < -0.39 is 0 Å². The molecule has 232 valence electrons. The van der Waals surface area contributed by atoms with Crippen molar-refractivity contribution in [3.63, 3.8) is 0 Å². The van der Waals surface area contributed by atoms with Crippen molar-refractivity contribution in [2.75, 3.05) is 6.26 Å². The van der Waals surface area contributed by atoms with E-state index in [2.05, 4.69) is 139 Å². The second-order valence-corrected chi connectivity index (χ2v) is 16.0. The maximum absolute atomic E-state index is 4.15. The van der Waals surface area contributed by atoms with Crippen LogP contribution < -0.4 is 0 Å². The third-order valence-electron chi connectivity index (χ3n) is 7.53. The monoisotopic (exact) mass is 632 g/mol. The summed E-state index contributed by atoms with van der Waals surface area (Å²) in [5, 5.41) is 2.11. The van der Waals surface area contributed by atoms with Gasteiger partial charge in [-0.2, -0.15) is 11.8 Å². The Labute approximate surface area is 275 Å². The van der Waals surface area contributed by atoms with E-state index in [0.29, 0.717) is 22.3 Å². The van der Waals surface area contributed by atoms with Crippen LogP contribution in [0.1, 0.15) is 62.3 Å². The molecule has 0 aliphatic heterocycles. The first-order valence-corrected chi connectivity index (χ1v) is 18.4. The molecule has 0 N–H and O–H groups in total. The van der Waals surface area contributed by atoms with Crippen LogP contribution in [0.2, 0.25) is 0 Å². The summed E-state index contributed by atoms with van der Waals surface area (Å²) in [6.07, 6.45) is 9.57. The molecule has 2 heterocycles. The van der Waals surface area contributed by atoms with Crippen LogP contribution >= 0.6 is 35.3 Å². The smallest absolute Gasteiger partial charge is 0.0346 e. The van der Waals surface area contributed by atoms with Crippen LogP contribution in [0, 0.1) is 17.8 Å². The fourth-order valence-electron chi connectivity index (χ4n) is 3.49. The van der Waals surface area contributed by atoms with Gasteiger partial charge in [0.1, 0.15) is 0 Å². The van der Waals surface area contributed by atoms with Crippen molar-refractivity contribution in [1.82, 2.24) is 9.97 Å². The first-order chi connectivity index (χ1) is 20.5. The maximum atomic E-state index is 4.15. The van der Waals surface area contributed by atoms with E-state index in [1.54, 1.807) is 12.4 Å². The lowest BCUT2D eigenvalue weighted by atomic mass is 10.1. The summed E-state index contributed by atoms with van der Waals surface area (Å²) in [6.45, 7) is 20.4. The lowest BCUT2D eigenvalue weighted by Gasteiger charge is -2.15. The average Bonchev–Trinajstić information content (AvgIpc) is 3.02. The van der Waals surface area contributed by atoms with Gasteiger partial charge in [-0.25, -0.2) is 0 Å². The molecule has 3 atom stereocenters. The van der Waals surface area contributed by atoms with Gasteiger partial charge in [0.25, 0.3) is 0 Å². The van der Waals surface area contributed by atoms with Crippen molar-refractivity contribution in [1.29, 1.82) is 0 Å². The highest BCUT2D eigenvalue weighted by Gasteiger charge is 2.10. The summed E-state index contributed by atoms with van der Waals surface area (Å²) in [7, 11) is 0. The molecule has 5 heteroatoms. The van der Waals surface area contributed by atoms with E-state index in [4.69, 9.17) is 0 Å². The average molecular weight is 633 g/mol. The van der Waals surface area contributed by atoms with Crippen LogP contribution in [0.3, 0.4) is 0 Å². The number of nitrogens with zero attached hydrogens (tertiary/aromatic N) is 2. The summed E-state index contributed by atoms with van der Waals surface area (Å²) in [4.78, 5) is 11.0. The molecule has 0 fully saturated rings. The SMILES string of the molecule is CC(C)C(C)Sc1ccc(-c2cccnc2)cc1.CC(C)C(C)Sc1ccc(-c2cccnc2)cc1.CSC(C)C(C)C. The molecule has 43 heavy (non-hydrogen) atoms. The highest BCUT2D eigenvalue weighted by molar-refractivity contribution is 8.00. The first kappa shape index (κ1) is 37.0. The van der Waals surface area contributed by atoms with Gasteiger partial charge in [0.15, 0.2) is 0 Å². The number of aromatic nitrogens is 2. The van der Waals surface area contributed by atoms with E-state index in [1.165, 1.54) is 32.0 Å². The second-order valence-electron chi connectivity index (χ2n) is 11.9. The molecule has 0 aliphatic carbocycles. The molecule has 0 saturated carbocycles. The number of pyridine rings is 2. The van der Waals surface area contributed by atoms with Crippen LogP contribution in [0.15, 0.2) is 107 Å². The zero-order chi connectivity index (χ0) is 31.8. The standard InChI is InChI=1S/2C16H19NS.C6H14S/c2*1-12(2)13(3)18-16-8-6-14(7-9-16)15-5-4-10-17-11-15;1-5(2)6(3)7-4/h2*4-13H,1-3H3;5-6H,1-4H3. The Hall–Kier alpha value is -2.21. The first-order valence-electron chi connectivity index (χ1n) is 15.4. The Morgan fingerprint density at radius 2 is 0.791 bits per heavy atom. The normalized spacial score (nSPS) is 13.0. The molecule has 4 aromatic rings. The molecule has 0 aliphatic rings. The summed E-state index contributed by atoms with van der Waals surface area (Å²) in [6, 6.07) is 25.6. The molecular weight excluding hydrogens is 581 g/mol. The number of hydrogen-bond acceptors (Lipinski definition) is 5. The summed E-state index contributed by atoms with van der Waals surface area (Å²) in [5.41, 5.74) is 4.80. The summed E-state index contributed by atoms with van der Waals surface area (Å²) < 4.78 is 0. The van der Waals surface area contributed by atoms with Gasteiger partial charge < -0.3 is 0 Å². The Kier molecular flexibility index (Phi) is 17.2. The van der Waals surface area contributed by atoms with Crippen LogP contribution in [0.25, 0.3) is 22.3 Å². The van der Waals surface area contributed by atoms with Crippen molar-refractivity contribution in [3.05, 3.63) is 97.6 Å². The zero-order valence-electron chi connectivity index (χ0n) is 27.8. The predicted molar refractivity (Wildman–Crippen MR) is 197 cm³/mol. The molecule has 0 amide bonds. The molecule has 4 rings (SSSR count). The Morgan fingerprint density at radius 1 is 0.442 bits per heavy atom. The van der Waals surface area contributed by atoms with Gasteiger partial charge in [-0.15, -0.1) is 23.5 Å². The molecule has 0 bridgehead atoms. The van der Waals surface area contributed by atoms with Gasteiger partial charge in [-0.05, 0) is 82.7 Å². The quantitative estimate of drug-likeness (QED) is 0.162. The highest BCUT2D eigenvalue weighted by atomic mass is 32.2. The Balaban J connectivity index is 0.000000247. The predicted octanol–water partition coefficient (Wildman–Crippen LogP) is 12.2. The minimum atomic E-state index is 0.647. The summed E-state index contributed by atoms with van der Waals surface area (Å²) >= 11 is 5.81. The minimum absolute atomic E-state index is 0.647. The highest BCUT2D eigenvalue weighted by Crippen LogP contribution is 2.30. The van der Waals surface area contributed by atoms with Gasteiger partial charge in [-0.1, -0.05) is 98.7 Å². The van der Waals surface area contributed by atoms with E-state index >= 15 is 0 Å². The van der Waals surface area contributed by atoms with Crippen molar-refractivity contribution >= 4 is 35.3 Å². The molecule has 2 nitrogen and oxygen atoms in total. The molecule has 0 radical (unpaired) electrons. The number of hydrogen-bond donors (Lipinski definition) is 0. The van der Waals surface area contributed by atoms with Crippen LogP contribution in [-0.4, -0.2) is 32.0 Å². The van der Waals surface area contributed by atoms with Crippen LogP contribution in [0.5, 0.6) is 0 Å². The van der Waals surface area contributed by atoms with Crippen molar-refractivity contribution in [2.45, 2.75) is 87.9 Å². The van der Waals surface area contributed by atoms with Crippen molar-refractivity contribution in [2.24, 2.45) is 17.8 Å². The zero-order valence-corrected chi connectivity index (χ0v) is 30.3. The Bertz CT molecular complexity index is 1160. The Morgan fingerprint density at radius 3 is 1.02 bits per heavy atom. The van der Waals surface area contributed by atoms with E-state index in [0.717, 1.165) is 11.2 Å². The lowest BCUT2D eigenvalue weighted by Crippen LogP contribution is -2.04. The largest absolute Gasteiger partial charge is 0.264 e. The van der Waals surface area contributed by atoms with E-state index in [1.807, 2.05) is 59.8 Å². The lowest BCUT2D eigenvalue weighted by molar-refractivity contribution is 0.642. The number of rotatable bonds is 10. The molecule has 2 aromatic carbocycles. The second kappa shape index (κ2) is 19.9. The fourth-order valence-corrected chi connectivity index (χ4v) is 6.03. The fraction of sp³-hybridized carbons (Fsp3) is 0.421. The van der Waals surface area contributed by atoms with Crippen LogP contribution in [-0.2, 0) is 0 Å². The molecule has 2 aromatic heterocycles. The van der Waals surface area contributed by atoms with Crippen molar-refractivity contribution < 1.29 is 0 Å². The summed E-state index contributed by atoms with van der Waals surface area (Å²) in [5.74, 6) is 2.23. The number of benzene rings is 2. The third-order valence-corrected chi connectivity index (χ3v) is 11.7. The molecule has 0 saturated heterocycles. The molecular formula is C38H52N2S3. The topological polar surface area (TPSA) is 25.8 Å². The van der Waals surface area contributed by atoms with Crippen LogP contribution in [0.4, 0.5) is 0 Å². The van der Waals surface area contributed by atoms with Crippen molar-refractivity contribution in [3.8, 4) is 22.3 Å². The van der Waals surface area contributed by atoms with Gasteiger partial charge >= 0.3 is 0 Å². The van der Waals surface area contributed by atoms with E-state index in [9.17, 15) is 0 Å². The van der Waals surface area contributed by atoms with Gasteiger partial charge in [-0.3, -0.25) is 9.97 Å². The van der Waals surface area contributed by atoms with Gasteiger partial charge in [0.05, 0.1) is 0 Å².